The number of hydrogen-bond donors (Lipinski definition) is 1. The summed E-state index contributed by atoms with van der Waals surface area (Å²) in [6, 6.07) is 5.72. The minimum Gasteiger partial charge on any atom is -0.340 e. The van der Waals surface area contributed by atoms with E-state index in [0.717, 1.165) is 45.4 Å². The second kappa shape index (κ2) is 7.87. The van der Waals surface area contributed by atoms with E-state index in [1.165, 1.54) is 5.56 Å². The van der Waals surface area contributed by atoms with Crippen molar-refractivity contribution in [3.05, 3.63) is 33.8 Å². The molecule has 1 aromatic rings. The van der Waals surface area contributed by atoms with E-state index in [1.54, 1.807) is 0 Å². The van der Waals surface area contributed by atoms with Crippen molar-refractivity contribution in [1.29, 1.82) is 0 Å². The number of carbonyl (C=O) groups excluding carboxylic acids is 1. The van der Waals surface area contributed by atoms with Crippen LogP contribution in [0.25, 0.3) is 0 Å². The van der Waals surface area contributed by atoms with Crippen molar-refractivity contribution in [2.75, 3.05) is 26.2 Å². The molecule has 0 aliphatic carbocycles. The second-order valence-electron chi connectivity index (χ2n) is 5.09. The van der Waals surface area contributed by atoms with Crippen LogP contribution in [0.2, 0.25) is 10.0 Å². The first-order valence-electron chi connectivity index (χ1n) is 7.09. The minimum absolute atomic E-state index is 0.278. The number of nitrogens with one attached hydrogen (secondary N) is 1. The summed E-state index contributed by atoms with van der Waals surface area (Å²) in [5.41, 5.74) is 1.18. The van der Waals surface area contributed by atoms with E-state index in [1.807, 2.05) is 23.1 Å². The van der Waals surface area contributed by atoms with Crippen molar-refractivity contribution in [3.8, 4) is 0 Å². The highest BCUT2D eigenvalue weighted by molar-refractivity contribution is 6.42. The first-order chi connectivity index (χ1) is 9.66. The van der Waals surface area contributed by atoms with Crippen LogP contribution in [0.15, 0.2) is 18.2 Å². The number of rotatable bonds is 5. The molecule has 1 amide bonds. The highest BCUT2D eigenvalue weighted by atomic mass is 35.5. The van der Waals surface area contributed by atoms with Crippen LogP contribution in [0, 0.1) is 0 Å². The SMILES string of the molecule is O=C(CCCCc1ccc(Cl)c(Cl)c1)N1CCNCC1. The summed E-state index contributed by atoms with van der Waals surface area (Å²) < 4.78 is 0. The Balaban J connectivity index is 1.68. The zero-order valence-electron chi connectivity index (χ0n) is 11.5. The van der Waals surface area contributed by atoms with Crippen LogP contribution in [0.3, 0.4) is 0 Å². The van der Waals surface area contributed by atoms with Crippen LogP contribution in [-0.2, 0) is 11.2 Å². The Kier molecular flexibility index (Phi) is 6.14. The lowest BCUT2D eigenvalue weighted by molar-refractivity contribution is -0.131. The van der Waals surface area contributed by atoms with Gasteiger partial charge >= 0.3 is 0 Å². The van der Waals surface area contributed by atoms with Gasteiger partial charge in [0.1, 0.15) is 0 Å². The lowest BCUT2D eigenvalue weighted by Crippen LogP contribution is -2.46. The van der Waals surface area contributed by atoms with E-state index in [-0.39, 0.29) is 5.91 Å². The number of halogens is 2. The first-order valence-corrected chi connectivity index (χ1v) is 7.85. The maximum atomic E-state index is 12.0. The van der Waals surface area contributed by atoms with Crippen molar-refractivity contribution >= 4 is 29.1 Å². The standard InChI is InChI=1S/C15H20Cl2N2O/c16-13-6-5-12(11-14(13)17)3-1-2-4-15(20)19-9-7-18-8-10-19/h5-6,11,18H,1-4,7-10H2. The van der Waals surface area contributed by atoms with Crippen molar-refractivity contribution in [2.45, 2.75) is 25.7 Å². The van der Waals surface area contributed by atoms with Gasteiger partial charge in [-0.15, -0.1) is 0 Å². The fourth-order valence-electron chi connectivity index (χ4n) is 2.37. The molecule has 1 fully saturated rings. The summed E-state index contributed by atoms with van der Waals surface area (Å²) in [7, 11) is 0. The molecule has 1 N–H and O–H groups in total. The van der Waals surface area contributed by atoms with Crippen LogP contribution < -0.4 is 5.32 Å². The molecule has 2 rings (SSSR count). The fourth-order valence-corrected chi connectivity index (χ4v) is 2.69. The highest BCUT2D eigenvalue weighted by Crippen LogP contribution is 2.23. The van der Waals surface area contributed by atoms with Gasteiger partial charge in [-0.1, -0.05) is 29.3 Å². The van der Waals surface area contributed by atoms with Crippen LogP contribution >= 0.6 is 23.2 Å². The van der Waals surface area contributed by atoms with Gasteiger partial charge in [0.2, 0.25) is 5.91 Å². The van der Waals surface area contributed by atoms with Crippen molar-refractivity contribution < 1.29 is 4.79 Å². The van der Waals surface area contributed by atoms with E-state index >= 15 is 0 Å². The molecular weight excluding hydrogens is 295 g/mol. The molecule has 1 saturated heterocycles. The van der Waals surface area contributed by atoms with Gasteiger partial charge in [0.25, 0.3) is 0 Å². The Morgan fingerprint density at radius 2 is 1.90 bits per heavy atom. The third kappa shape index (κ3) is 4.65. The number of piperazine rings is 1. The molecule has 1 aromatic carbocycles. The highest BCUT2D eigenvalue weighted by Gasteiger charge is 2.15. The summed E-state index contributed by atoms with van der Waals surface area (Å²) in [5, 5.41) is 4.44. The molecule has 20 heavy (non-hydrogen) atoms. The summed E-state index contributed by atoms with van der Waals surface area (Å²) in [6.07, 6.45) is 3.49. The Labute approximate surface area is 130 Å². The number of amides is 1. The van der Waals surface area contributed by atoms with E-state index < -0.39 is 0 Å². The van der Waals surface area contributed by atoms with Gasteiger partial charge in [-0.3, -0.25) is 4.79 Å². The number of carbonyl (C=O) groups is 1. The maximum Gasteiger partial charge on any atom is 0.222 e. The van der Waals surface area contributed by atoms with Crippen LogP contribution in [0.1, 0.15) is 24.8 Å². The molecule has 5 heteroatoms. The molecule has 0 radical (unpaired) electrons. The van der Waals surface area contributed by atoms with E-state index in [2.05, 4.69) is 5.32 Å². The Morgan fingerprint density at radius 1 is 1.15 bits per heavy atom. The van der Waals surface area contributed by atoms with Crippen LogP contribution in [0.5, 0.6) is 0 Å². The zero-order chi connectivity index (χ0) is 14.4. The maximum absolute atomic E-state index is 12.0. The van der Waals surface area contributed by atoms with Crippen molar-refractivity contribution in [1.82, 2.24) is 10.2 Å². The van der Waals surface area contributed by atoms with Crippen LogP contribution in [-0.4, -0.2) is 37.0 Å². The normalized spacial score (nSPS) is 15.4. The predicted molar refractivity (Wildman–Crippen MR) is 83.5 cm³/mol. The first kappa shape index (κ1) is 15.6. The largest absolute Gasteiger partial charge is 0.340 e. The summed E-state index contributed by atoms with van der Waals surface area (Å²) in [6.45, 7) is 3.50. The quantitative estimate of drug-likeness (QED) is 0.847. The van der Waals surface area contributed by atoms with Gasteiger partial charge < -0.3 is 10.2 Å². The molecule has 1 aliphatic heterocycles. The van der Waals surface area contributed by atoms with Gasteiger partial charge in [0.05, 0.1) is 10.0 Å². The number of hydrogen-bond acceptors (Lipinski definition) is 2. The molecule has 110 valence electrons. The summed E-state index contributed by atoms with van der Waals surface area (Å²) in [4.78, 5) is 13.9. The van der Waals surface area contributed by atoms with Crippen LogP contribution in [0.4, 0.5) is 0 Å². The van der Waals surface area contributed by atoms with Gasteiger partial charge in [-0.05, 0) is 37.0 Å². The molecule has 3 nitrogen and oxygen atoms in total. The second-order valence-corrected chi connectivity index (χ2v) is 5.90. The lowest BCUT2D eigenvalue weighted by atomic mass is 10.1. The van der Waals surface area contributed by atoms with Gasteiger partial charge in [0.15, 0.2) is 0 Å². The average molecular weight is 315 g/mol. The Hall–Kier alpha value is -0.770. The Morgan fingerprint density at radius 3 is 2.60 bits per heavy atom. The zero-order valence-corrected chi connectivity index (χ0v) is 13.0. The van der Waals surface area contributed by atoms with Gasteiger partial charge in [0, 0.05) is 32.6 Å². The monoisotopic (exact) mass is 314 g/mol. The molecule has 0 unspecified atom stereocenters. The lowest BCUT2D eigenvalue weighted by Gasteiger charge is -2.27. The van der Waals surface area contributed by atoms with E-state index in [0.29, 0.717) is 16.5 Å². The number of unbranched alkanes of at least 4 members (excludes halogenated alkanes) is 1. The third-order valence-electron chi connectivity index (χ3n) is 3.56. The van der Waals surface area contributed by atoms with Crippen molar-refractivity contribution in [3.63, 3.8) is 0 Å². The summed E-state index contributed by atoms with van der Waals surface area (Å²) >= 11 is 11.9. The number of benzene rings is 1. The predicted octanol–water partition coefficient (Wildman–Crippen LogP) is 3.14. The van der Waals surface area contributed by atoms with E-state index in [9.17, 15) is 4.79 Å². The van der Waals surface area contributed by atoms with Crippen molar-refractivity contribution in [2.24, 2.45) is 0 Å². The molecule has 0 bridgehead atoms. The third-order valence-corrected chi connectivity index (χ3v) is 4.30. The minimum atomic E-state index is 0.278. The molecule has 1 aliphatic rings. The van der Waals surface area contributed by atoms with Gasteiger partial charge in [-0.2, -0.15) is 0 Å². The molecule has 1 heterocycles. The topological polar surface area (TPSA) is 32.3 Å². The molecular formula is C15H20Cl2N2O. The molecule has 0 spiro atoms. The number of nitrogens with zero attached hydrogens (tertiary/aromatic N) is 1. The summed E-state index contributed by atoms with van der Waals surface area (Å²) in [5.74, 6) is 0.278. The fraction of sp³-hybridized carbons (Fsp3) is 0.533. The average Bonchev–Trinajstić information content (AvgIpc) is 2.48. The molecule has 0 atom stereocenters. The number of aryl methyl sites for hydroxylation is 1. The Bertz CT molecular complexity index is 459. The van der Waals surface area contributed by atoms with Gasteiger partial charge in [-0.25, -0.2) is 0 Å². The smallest absolute Gasteiger partial charge is 0.222 e. The molecule has 0 saturated carbocycles. The van der Waals surface area contributed by atoms with E-state index in [4.69, 9.17) is 23.2 Å². The molecule has 0 aromatic heterocycles.